The molecule has 198 valence electrons. The molecular formula is C28H28FN3O5S. The van der Waals surface area contributed by atoms with Gasteiger partial charge in [0.25, 0.3) is 5.56 Å². The highest BCUT2D eigenvalue weighted by Crippen LogP contribution is 2.33. The highest BCUT2D eigenvalue weighted by molar-refractivity contribution is 7.91. The van der Waals surface area contributed by atoms with Crippen molar-refractivity contribution in [3.63, 3.8) is 0 Å². The lowest BCUT2D eigenvalue weighted by molar-refractivity contribution is 0.161. The first-order valence-electron chi connectivity index (χ1n) is 12.1. The summed E-state index contributed by atoms with van der Waals surface area (Å²) in [6.07, 6.45) is 2.28. The van der Waals surface area contributed by atoms with Crippen LogP contribution in [0.3, 0.4) is 0 Å². The van der Waals surface area contributed by atoms with Gasteiger partial charge >= 0.3 is 0 Å². The van der Waals surface area contributed by atoms with E-state index in [1.54, 1.807) is 13.0 Å². The van der Waals surface area contributed by atoms with Gasteiger partial charge in [0.05, 0.1) is 17.5 Å². The van der Waals surface area contributed by atoms with Crippen LogP contribution in [-0.4, -0.2) is 41.8 Å². The Morgan fingerprint density at radius 3 is 2.39 bits per heavy atom. The minimum Gasteiger partial charge on any atom is -0.493 e. The van der Waals surface area contributed by atoms with Crippen LogP contribution in [0.2, 0.25) is 0 Å². The van der Waals surface area contributed by atoms with Crippen molar-refractivity contribution in [2.75, 3.05) is 13.7 Å². The van der Waals surface area contributed by atoms with Gasteiger partial charge in [-0.15, -0.1) is 0 Å². The Bertz CT molecular complexity index is 1600. The zero-order chi connectivity index (χ0) is 27.4. The summed E-state index contributed by atoms with van der Waals surface area (Å²) in [5.74, 6) is -1.06. The number of ether oxygens (including phenoxy) is 1. The van der Waals surface area contributed by atoms with Gasteiger partial charge in [0, 0.05) is 25.3 Å². The van der Waals surface area contributed by atoms with E-state index in [0.29, 0.717) is 29.5 Å². The number of nitrogens with zero attached hydrogens (tertiary/aromatic N) is 3. The van der Waals surface area contributed by atoms with Crippen molar-refractivity contribution in [2.45, 2.75) is 42.5 Å². The molecule has 0 spiro atoms. The van der Waals surface area contributed by atoms with Crippen molar-refractivity contribution in [3.05, 3.63) is 100 Å². The minimum atomic E-state index is -4.48. The zero-order valence-corrected chi connectivity index (χ0v) is 22.1. The third-order valence-electron chi connectivity index (χ3n) is 6.32. The van der Waals surface area contributed by atoms with Crippen molar-refractivity contribution < 1.29 is 22.7 Å². The molecule has 4 rings (SSSR count). The van der Waals surface area contributed by atoms with Crippen molar-refractivity contribution in [1.82, 2.24) is 14.5 Å². The number of sulfone groups is 1. The second kappa shape index (κ2) is 11.2. The fourth-order valence-corrected chi connectivity index (χ4v) is 5.76. The van der Waals surface area contributed by atoms with Crippen LogP contribution < -0.4 is 5.56 Å². The molecule has 10 heteroatoms. The molecule has 2 aromatic carbocycles. The quantitative estimate of drug-likeness (QED) is 0.313. The van der Waals surface area contributed by atoms with Crippen LogP contribution in [0.15, 0.2) is 81.4 Å². The second-order valence-corrected chi connectivity index (χ2v) is 10.7. The summed E-state index contributed by atoms with van der Waals surface area (Å²) in [6, 6.07) is 15.8. The Labute approximate surface area is 220 Å². The summed E-state index contributed by atoms with van der Waals surface area (Å²) >= 11 is 0. The molecule has 0 saturated heterocycles. The van der Waals surface area contributed by atoms with Crippen molar-refractivity contribution in [3.8, 4) is 17.0 Å². The molecule has 1 unspecified atom stereocenters. The monoisotopic (exact) mass is 537 g/mol. The van der Waals surface area contributed by atoms with Crippen LogP contribution in [0.25, 0.3) is 11.1 Å². The Morgan fingerprint density at radius 2 is 1.76 bits per heavy atom. The van der Waals surface area contributed by atoms with Crippen LogP contribution in [-0.2, 0) is 21.0 Å². The standard InChI is InChI=1S/C28H28FN3O5S/c1-4-8-24-31-27(33)25(28(34)32(24)23(17-37-3)20-9-6-5-7-10-20)38(35,36)21-13-11-19(12-14-21)22-15-16-30-26(29)18(22)2/h5-7,9-16,23,34H,4,8,17H2,1-3H3. The first-order chi connectivity index (χ1) is 18.2. The summed E-state index contributed by atoms with van der Waals surface area (Å²) < 4.78 is 48.0. The molecule has 0 aliphatic heterocycles. The van der Waals surface area contributed by atoms with E-state index >= 15 is 0 Å². The predicted molar refractivity (Wildman–Crippen MR) is 140 cm³/mol. The minimum absolute atomic E-state index is 0.106. The lowest BCUT2D eigenvalue weighted by Gasteiger charge is -2.25. The highest BCUT2D eigenvalue weighted by Gasteiger charge is 2.32. The van der Waals surface area contributed by atoms with Crippen LogP contribution in [0.4, 0.5) is 4.39 Å². The predicted octanol–water partition coefficient (Wildman–Crippen LogP) is 4.48. The normalized spacial score (nSPS) is 12.4. The molecule has 8 nitrogen and oxygen atoms in total. The molecule has 0 radical (unpaired) electrons. The van der Waals surface area contributed by atoms with Crippen LogP contribution in [0, 0.1) is 12.9 Å². The fraction of sp³-hybridized carbons (Fsp3) is 0.250. The molecule has 0 amide bonds. The molecule has 1 atom stereocenters. The molecule has 2 heterocycles. The van der Waals surface area contributed by atoms with Gasteiger partial charge in [0.15, 0.2) is 4.90 Å². The summed E-state index contributed by atoms with van der Waals surface area (Å²) in [5, 5.41) is 11.4. The molecule has 0 fully saturated rings. The van der Waals surface area contributed by atoms with Crippen molar-refractivity contribution >= 4 is 9.84 Å². The van der Waals surface area contributed by atoms with Gasteiger partial charge in [0.1, 0.15) is 5.82 Å². The van der Waals surface area contributed by atoms with E-state index in [9.17, 15) is 22.7 Å². The number of benzene rings is 2. The van der Waals surface area contributed by atoms with E-state index in [-0.39, 0.29) is 17.3 Å². The molecule has 0 bridgehead atoms. The van der Waals surface area contributed by atoms with Gasteiger partial charge in [-0.1, -0.05) is 49.4 Å². The summed E-state index contributed by atoms with van der Waals surface area (Å²) in [4.78, 5) is 19.7. The molecule has 4 aromatic rings. The number of aromatic nitrogens is 3. The van der Waals surface area contributed by atoms with Crippen LogP contribution in [0.5, 0.6) is 5.88 Å². The summed E-state index contributed by atoms with van der Waals surface area (Å²) in [6.45, 7) is 3.58. The lowest BCUT2D eigenvalue weighted by atomic mass is 10.0. The maximum atomic E-state index is 13.9. The van der Waals surface area contributed by atoms with Gasteiger partial charge in [0.2, 0.25) is 21.7 Å². The molecule has 0 aliphatic carbocycles. The van der Waals surface area contributed by atoms with E-state index in [1.165, 1.54) is 42.1 Å². The first kappa shape index (κ1) is 27.2. The Morgan fingerprint density at radius 1 is 1.08 bits per heavy atom. The van der Waals surface area contributed by atoms with Gasteiger partial charge < -0.3 is 9.84 Å². The zero-order valence-electron chi connectivity index (χ0n) is 21.3. The average Bonchev–Trinajstić information content (AvgIpc) is 2.90. The molecule has 1 N–H and O–H groups in total. The Kier molecular flexibility index (Phi) is 8.03. The van der Waals surface area contributed by atoms with E-state index in [2.05, 4.69) is 9.97 Å². The number of hydrogen-bond donors (Lipinski definition) is 1. The lowest BCUT2D eigenvalue weighted by Crippen LogP contribution is -2.29. The third kappa shape index (κ3) is 5.09. The highest BCUT2D eigenvalue weighted by atomic mass is 32.2. The Balaban J connectivity index is 1.87. The van der Waals surface area contributed by atoms with E-state index in [0.717, 1.165) is 5.56 Å². The Hall–Kier alpha value is -3.89. The van der Waals surface area contributed by atoms with Gasteiger partial charge in [-0.3, -0.25) is 9.36 Å². The van der Waals surface area contributed by atoms with Crippen molar-refractivity contribution in [1.29, 1.82) is 0 Å². The average molecular weight is 538 g/mol. The van der Waals surface area contributed by atoms with Crippen LogP contribution in [0.1, 0.15) is 36.3 Å². The first-order valence-corrected chi connectivity index (χ1v) is 13.5. The number of rotatable bonds is 9. The largest absolute Gasteiger partial charge is 0.493 e. The summed E-state index contributed by atoms with van der Waals surface area (Å²) in [5.41, 5.74) is 1.17. The summed E-state index contributed by atoms with van der Waals surface area (Å²) in [7, 11) is -2.98. The van der Waals surface area contributed by atoms with Crippen LogP contribution >= 0.6 is 0 Å². The topological polar surface area (TPSA) is 111 Å². The van der Waals surface area contributed by atoms with Crippen molar-refractivity contribution in [2.24, 2.45) is 0 Å². The smallest absolute Gasteiger partial charge is 0.296 e. The van der Waals surface area contributed by atoms with E-state index in [1.807, 2.05) is 37.3 Å². The number of methoxy groups -OCH3 is 1. The number of halogens is 1. The van der Waals surface area contributed by atoms with Gasteiger partial charge in [-0.05, 0) is 48.2 Å². The fourth-order valence-electron chi connectivity index (χ4n) is 4.42. The number of pyridine rings is 1. The maximum absolute atomic E-state index is 13.9. The third-order valence-corrected chi connectivity index (χ3v) is 8.10. The van der Waals surface area contributed by atoms with E-state index in [4.69, 9.17) is 4.74 Å². The maximum Gasteiger partial charge on any atom is 0.296 e. The number of hydrogen-bond acceptors (Lipinski definition) is 7. The molecule has 2 aromatic heterocycles. The number of aromatic hydroxyl groups is 1. The molecule has 0 saturated carbocycles. The SMILES string of the molecule is CCCc1nc(=O)c(S(=O)(=O)c2ccc(-c3ccnc(F)c3C)cc2)c(O)n1C(COC)c1ccccc1. The molecular weight excluding hydrogens is 509 g/mol. The number of aryl methyl sites for hydroxylation is 1. The van der Waals surface area contributed by atoms with Gasteiger partial charge in [-0.25, -0.2) is 13.4 Å². The second-order valence-electron chi connectivity index (χ2n) is 8.79. The van der Waals surface area contributed by atoms with E-state index < -0.39 is 38.2 Å². The molecule has 0 aliphatic rings. The molecule has 38 heavy (non-hydrogen) atoms. The van der Waals surface area contributed by atoms with Gasteiger partial charge in [-0.2, -0.15) is 9.37 Å².